The van der Waals surface area contributed by atoms with Gasteiger partial charge in [-0.2, -0.15) is 0 Å². The molecule has 1 saturated carbocycles. The van der Waals surface area contributed by atoms with Crippen molar-refractivity contribution in [2.75, 3.05) is 26.7 Å². The maximum Gasteiger partial charge on any atom is 0.274 e. The highest BCUT2D eigenvalue weighted by Crippen LogP contribution is 2.39. The van der Waals surface area contributed by atoms with Gasteiger partial charge in [-0.3, -0.25) is 4.79 Å². The minimum atomic E-state index is -0.982. The predicted molar refractivity (Wildman–Crippen MR) is 140 cm³/mol. The molecule has 2 aliphatic rings. The van der Waals surface area contributed by atoms with Gasteiger partial charge in [-0.15, -0.1) is 0 Å². The largest absolute Gasteiger partial charge is 0.490 e. The Morgan fingerprint density at radius 2 is 1.91 bits per heavy atom. The van der Waals surface area contributed by atoms with Gasteiger partial charge in [-0.1, -0.05) is 6.07 Å². The number of ether oxygens (including phenoxy) is 1. The minimum absolute atomic E-state index is 0.0616. The molecule has 0 unspecified atom stereocenters. The summed E-state index contributed by atoms with van der Waals surface area (Å²) in [6, 6.07) is 8.40. The van der Waals surface area contributed by atoms with Crippen molar-refractivity contribution in [2.45, 2.75) is 57.3 Å². The quantitative estimate of drug-likeness (QED) is 0.483. The Bertz CT molecular complexity index is 1240. The lowest BCUT2D eigenvalue weighted by atomic mass is 9.86. The van der Waals surface area contributed by atoms with Gasteiger partial charge in [0.05, 0.1) is 5.60 Å². The Hall–Kier alpha value is -2.61. The molecule has 35 heavy (non-hydrogen) atoms. The second-order valence-corrected chi connectivity index (χ2v) is 11.0. The highest BCUT2D eigenvalue weighted by atomic mass is 16.5. The summed E-state index contributed by atoms with van der Waals surface area (Å²) in [6.45, 7) is 7.01. The van der Waals surface area contributed by atoms with Crippen LogP contribution in [-0.2, 0) is 12.6 Å². The van der Waals surface area contributed by atoms with E-state index in [2.05, 4.69) is 22.2 Å². The Labute approximate surface area is 207 Å². The van der Waals surface area contributed by atoms with E-state index in [1.54, 1.807) is 31.7 Å². The number of hydrogen-bond donors (Lipinski definition) is 3. The third-order valence-corrected chi connectivity index (χ3v) is 7.86. The van der Waals surface area contributed by atoms with Crippen LogP contribution in [0.15, 0.2) is 41.5 Å². The molecule has 3 heterocycles. The van der Waals surface area contributed by atoms with Gasteiger partial charge in [0.1, 0.15) is 17.4 Å². The molecule has 0 bridgehead atoms. The number of aryl methyl sites for hydroxylation is 1. The number of piperidine rings is 1. The molecule has 0 atom stereocenters. The highest BCUT2D eigenvalue weighted by molar-refractivity contribution is 5.96. The highest BCUT2D eigenvalue weighted by Gasteiger charge is 2.35. The van der Waals surface area contributed by atoms with Crippen molar-refractivity contribution < 1.29 is 9.84 Å². The fraction of sp³-hybridized carbons (Fsp3) is 0.536. The van der Waals surface area contributed by atoms with Crippen molar-refractivity contribution in [1.82, 2.24) is 19.8 Å². The summed E-state index contributed by atoms with van der Waals surface area (Å²) < 4.78 is 8.15. The van der Waals surface area contributed by atoms with Crippen LogP contribution in [0.25, 0.3) is 22.0 Å². The Morgan fingerprint density at radius 3 is 2.63 bits per heavy atom. The molecule has 7 heteroatoms. The first-order valence-electron chi connectivity index (χ1n) is 12.8. The molecule has 2 fully saturated rings. The molecule has 1 aliphatic heterocycles. The molecule has 188 valence electrons. The third-order valence-electron chi connectivity index (χ3n) is 7.86. The van der Waals surface area contributed by atoms with Crippen LogP contribution >= 0.6 is 0 Å². The van der Waals surface area contributed by atoms with Crippen LogP contribution < -0.4 is 15.6 Å². The van der Waals surface area contributed by atoms with E-state index in [0.29, 0.717) is 11.6 Å². The zero-order valence-corrected chi connectivity index (χ0v) is 21.3. The molecular formula is C28H38N4O3. The lowest BCUT2D eigenvalue weighted by molar-refractivity contribution is 0.0211. The normalized spacial score (nSPS) is 21.4. The fourth-order valence-electron chi connectivity index (χ4n) is 5.50. The Balaban J connectivity index is 1.38. The number of aromatic nitrogens is 2. The number of nitrogens with zero attached hydrogens (tertiary/aromatic N) is 2. The summed E-state index contributed by atoms with van der Waals surface area (Å²) in [5, 5.41) is 15.0. The number of nitrogens with one attached hydrogen (secondary N) is 2. The lowest BCUT2D eigenvalue weighted by Gasteiger charge is -2.42. The van der Waals surface area contributed by atoms with E-state index in [9.17, 15) is 9.90 Å². The fourth-order valence-corrected chi connectivity index (χ4v) is 5.50. The van der Waals surface area contributed by atoms with Crippen molar-refractivity contribution in [2.24, 2.45) is 13.0 Å². The number of rotatable bonds is 7. The summed E-state index contributed by atoms with van der Waals surface area (Å²) in [5.41, 5.74) is 2.16. The SMILES string of the molecule is Cn1cc(-c2cc(C(C)(C)O)ccc2O[C@H]2C[C@H](N(C)CC3CCNCC3)C2)c2cc[nH]c2c1=O. The zero-order valence-electron chi connectivity index (χ0n) is 21.3. The molecule has 1 saturated heterocycles. The summed E-state index contributed by atoms with van der Waals surface area (Å²) in [5.74, 6) is 1.58. The number of aliphatic hydroxyl groups is 1. The molecule has 2 aromatic heterocycles. The first-order valence-corrected chi connectivity index (χ1v) is 12.8. The number of H-pyrrole nitrogens is 1. The summed E-state index contributed by atoms with van der Waals surface area (Å²) in [7, 11) is 4.01. The van der Waals surface area contributed by atoms with Gasteiger partial charge in [0.25, 0.3) is 5.56 Å². The van der Waals surface area contributed by atoms with Gasteiger partial charge in [0, 0.05) is 61.4 Å². The van der Waals surface area contributed by atoms with Crippen molar-refractivity contribution in [3.8, 4) is 16.9 Å². The Morgan fingerprint density at radius 1 is 1.17 bits per heavy atom. The molecule has 3 N–H and O–H groups in total. The third kappa shape index (κ3) is 4.90. The van der Waals surface area contributed by atoms with Crippen LogP contribution in [0, 0.1) is 5.92 Å². The molecule has 0 spiro atoms. The average Bonchev–Trinajstić information content (AvgIpc) is 3.29. The topological polar surface area (TPSA) is 82.5 Å². The number of hydrogen-bond acceptors (Lipinski definition) is 5. The van der Waals surface area contributed by atoms with E-state index < -0.39 is 5.60 Å². The van der Waals surface area contributed by atoms with Gasteiger partial charge in [0.2, 0.25) is 0 Å². The summed E-state index contributed by atoms with van der Waals surface area (Å²) in [4.78, 5) is 18.2. The number of benzene rings is 1. The summed E-state index contributed by atoms with van der Waals surface area (Å²) >= 11 is 0. The predicted octanol–water partition coefficient (Wildman–Crippen LogP) is 3.60. The monoisotopic (exact) mass is 478 g/mol. The smallest absolute Gasteiger partial charge is 0.274 e. The second-order valence-electron chi connectivity index (χ2n) is 11.0. The molecule has 1 aromatic carbocycles. The number of pyridine rings is 1. The maximum absolute atomic E-state index is 12.6. The first kappa shape index (κ1) is 24.1. The van der Waals surface area contributed by atoms with E-state index in [4.69, 9.17) is 4.74 Å². The maximum atomic E-state index is 12.6. The molecule has 0 radical (unpaired) electrons. The Kier molecular flexibility index (Phi) is 6.51. The van der Waals surface area contributed by atoms with Gasteiger partial charge in [0.15, 0.2) is 0 Å². The van der Waals surface area contributed by atoms with Gasteiger partial charge < -0.3 is 29.6 Å². The number of fused-ring (bicyclic) bond motifs is 1. The molecule has 5 rings (SSSR count). The van der Waals surface area contributed by atoms with Gasteiger partial charge >= 0.3 is 0 Å². The van der Waals surface area contributed by atoms with Gasteiger partial charge in [-0.05, 0) is 76.5 Å². The van der Waals surface area contributed by atoms with E-state index >= 15 is 0 Å². The van der Waals surface area contributed by atoms with Crippen LogP contribution in [0.3, 0.4) is 0 Å². The molecule has 0 amide bonds. The zero-order chi connectivity index (χ0) is 24.7. The van der Waals surface area contributed by atoms with Crippen molar-refractivity contribution in [3.05, 3.63) is 52.6 Å². The van der Waals surface area contributed by atoms with Crippen LogP contribution in [0.4, 0.5) is 0 Å². The van der Waals surface area contributed by atoms with Crippen molar-refractivity contribution in [1.29, 1.82) is 0 Å². The summed E-state index contributed by atoms with van der Waals surface area (Å²) in [6.07, 6.45) is 8.39. The van der Waals surface area contributed by atoms with E-state index in [1.807, 2.05) is 30.5 Å². The van der Waals surface area contributed by atoms with E-state index in [0.717, 1.165) is 66.2 Å². The van der Waals surface area contributed by atoms with E-state index in [-0.39, 0.29) is 11.7 Å². The van der Waals surface area contributed by atoms with Crippen LogP contribution in [0.1, 0.15) is 45.1 Å². The minimum Gasteiger partial charge on any atom is -0.490 e. The van der Waals surface area contributed by atoms with E-state index in [1.165, 1.54) is 12.8 Å². The molecule has 1 aliphatic carbocycles. The van der Waals surface area contributed by atoms with Crippen LogP contribution in [0.2, 0.25) is 0 Å². The standard InChI is InChI=1S/C28H38N4O3/c1-28(2,34)19-5-6-25(23(13-19)24-17-32(4)27(33)26-22(24)9-12-30-26)35-21-14-20(15-21)31(3)16-18-7-10-29-11-8-18/h5-6,9,12-13,17-18,20-21,29-30,34H,7-8,10-11,14-16H2,1-4H3/t20-,21-. The molecule has 3 aromatic rings. The average molecular weight is 479 g/mol. The van der Waals surface area contributed by atoms with Crippen LogP contribution in [-0.4, -0.2) is 58.4 Å². The van der Waals surface area contributed by atoms with Crippen LogP contribution in [0.5, 0.6) is 5.75 Å². The number of aromatic amines is 1. The first-order chi connectivity index (χ1) is 16.7. The lowest BCUT2D eigenvalue weighted by Crippen LogP contribution is -2.49. The van der Waals surface area contributed by atoms with Gasteiger partial charge in [-0.25, -0.2) is 0 Å². The molecule has 7 nitrogen and oxygen atoms in total. The molecular weight excluding hydrogens is 440 g/mol. The second kappa shape index (κ2) is 9.45. The van der Waals surface area contributed by atoms with Crippen molar-refractivity contribution in [3.63, 3.8) is 0 Å². The van der Waals surface area contributed by atoms with Crippen molar-refractivity contribution >= 4 is 10.9 Å².